The molecule has 0 bridgehead atoms. The third-order valence-electron chi connectivity index (χ3n) is 1.58. The van der Waals surface area contributed by atoms with E-state index in [0.717, 1.165) is 6.07 Å². The van der Waals surface area contributed by atoms with Gasteiger partial charge in [-0.05, 0) is 6.07 Å². The van der Waals surface area contributed by atoms with Crippen molar-refractivity contribution >= 4 is 17.9 Å². The van der Waals surface area contributed by atoms with Gasteiger partial charge in [0.2, 0.25) is 5.95 Å². The molecule has 0 unspecified atom stereocenters. The van der Waals surface area contributed by atoms with Gasteiger partial charge in [-0.1, -0.05) is 0 Å². The lowest BCUT2D eigenvalue weighted by molar-refractivity contribution is 0.110. The standard InChI is InChI=1S/C8H5ClF3NO/c9-2-5-1-4(3-14)6(7(10)11)8(12)13-5/h1,3,7H,2H2. The molecule has 0 atom stereocenters. The highest BCUT2D eigenvalue weighted by atomic mass is 35.5. The number of aldehydes is 1. The van der Waals surface area contributed by atoms with Crippen LogP contribution in [-0.4, -0.2) is 11.3 Å². The van der Waals surface area contributed by atoms with E-state index in [2.05, 4.69) is 4.98 Å². The van der Waals surface area contributed by atoms with Crippen LogP contribution in [0.2, 0.25) is 0 Å². The van der Waals surface area contributed by atoms with Crippen molar-refractivity contribution in [3.63, 3.8) is 0 Å². The van der Waals surface area contributed by atoms with E-state index in [1.54, 1.807) is 0 Å². The van der Waals surface area contributed by atoms with Gasteiger partial charge >= 0.3 is 0 Å². The molecule has 1 heterocycles. The average Bonchev–Trinajstić information content (AvgIpc) is 2.15. The van der Waals surface area contributed by atoms with Crippen LogP contribution in [0, 0.1) is 5.95 Å². The summed E-state index contributed by atoms with van der Waals surface area (Å²) in [5, 5.41) is 0. The Bertz CT molecular complexity index is 357. The molecule has 0 saturated heterocycles. The van der Waals surface area contributed by atoms with Crippen LogP contribution in [-0.2, 0) is 5.88 Å². The number of nitrogens with zero attached hydrogens (tertiary/aromatic N) is 1. The second kappa shape index (κ2) is 4.41. The van der Waals surface area contributed by atoms with Gasteiger partial charge in [-0.15, -0.1) is 11.6 Å². The van der Waals surface area contributed by atoms with E-state index in [9.17, 15) is 18.0 Å². The lowest BCUT2D eigenvalue weighted by Gasteiger charge is -2.05. The van der Waals surface area contributed by atoms with E-state index < -0.39 is 23.5 Å². The summed E-state index contributed by atoms with van der Waals surface area (Å²) in [5.74, 6) is -1.48. The molecule has 6 heteroatoms. The molecule has 0 spiro atoms. The summed E-state index contributed by atoms with van der Waals surface area (Å²) in [7, 11) is 0. The van der Waals surface area contributed by atoms with Gasteiger partial charge in [0.15, 0.2) is 6.29 Å². The second-order valence-electron chi connectivity index (χ2n) is 2.46. The molecule has 0 saturated carbocycles. The number of aromatic nitrogens is 1. The predicted octanol–water partition coefficient (Wildman–Crippen LogP) is 2.71. The summed E-state index contributed by atoms with van der Waals surface area (Å²) < 4.78 is 37.4. The van der Waals surface area contributed by atoms with Gasteiger partial charge in [-0.2, -0.15) is 4.39 Å². The lowest BCUT2D eigenvalue weighted by atomic mass is 10.1. The molecule has 0 aliphatic heterocycles. The van der Waals surface area contributed by atoms with Crippen molar-refractivity contribution in [1.82, 2.24) is 4.98 Å². The molecule has 1 rings (SSSR count). The number of hydrogen-bond donors (Lipinski definition) is 0. The van der Waals surface area contributed by atoms with Crippen molar-refractivity contribution in [2.24, 2.45) is 0 Å². The lowest BCUT2D eigenvalue weighted by Crippen LogP contribution is -2.03. The Morgan fingerprint density at radius 3 is 2.64 bits per heavy atom. The van der Waals surface area contributed by atoms with Crippen molar-refractivity contribution in [3.05, 3.63) is 28.8 Å². The zero-order chi connectivity index (χ0) is 10.7. The molecule has 14 heavy (non-hydrogen) atoms. The van der Waals surface area contributed by atoms with E-state index >= 15 is 0 Å². The van der Waals surface area contributed by atoms with Crippen LogP contribution in [0.3, 0.4) is 0 Å². The highest BCUT2D eigenvalue weighted by Crippen LogP contribution is 2.24. The van der Waals surface area contributed by atoms with Gasteiger partial charge in [0.05, 0.1) is 17.1 Å². The second-order valence-corrected chi connectivity index (χ2v) is 2.73. The summed E-state index contributed by atoms with van der Waals surface area (Å²) in [6, 6.07) is 1.05. The normalized spacial score (nSPS) is 10.6. The van der Waals surface area contributed by atoms with E-state index in [1.165, 1.54) is 0 Å². The van der Waals surface area contributed by atoms with Crippen LogP contribution >= 0.6 is 11.6 Å². The molecule has 0 radical (unpaired) electrons. The topological polar surface area (TPSA) is 30.0 Å². The average molecular weight is 224 g/mol. The Hall–Kier alpha value is -1.10. The maximum Gasteiger partial charge on any atom is 0.268 e. The largest absolute Gasteiger partial charge is 0.298 e. The quantitative estimate of drug-likeness (QED) is 0.448. The molecule has 0 aromatic carbocycles. The fourth-order valence-electron chi connectivity index (χ4n) is 0.977. The van der Waals surface area contributed by atoms with Gasteiger partial charge in [0, 0.05) is 5.56 Å². The first-order valence-corrected chi connectivity index (χ1v) is 4.12. The molecule has 0 fully saturated rings. The fraction of sp³-hybridized carbons (Fsp3) is 0.250. The Morgan fingerprint density at radius 1 is 1.57 bits per heavy atom. The minimum absolute atomic E-state index is 0.0515. The number of carbonyl (C=O) groups is 1. The minimum atomic E-state index is -3.06. The van der Waals surface area contributed by atoms with Crippen LogP contribution in [0.15, 0.2) is 6.07 Å². The zero-order valence-electron chi connectivity index (χ0n) is 6.81. The van der Waals surface area contributed by atoms with Crippen molar-refractivity contribution in [1.29, 1.82) is 0 Å². The van der Waals surface area contributed by atoms with Crippen molar-refractivity contribution in [3.8, 4) is 0 Å². The van der Waals surface area contributed by atoms with E-state index in [-0.39, 0.29) is 17.9 Å². The van der Waals surface area contributed by atoms with Crippen LogP contribution in [0.25, 0.3) is 0 Å². The number of hydrogen-bond acceptors (Lipinski definition) is 2. The molecule has 2 nitrogen and oxygen atoms in total. The number of alkyl halides is 3. The van der Waals surface area contributed by atoms with Crippen LogP contribution in [0.1, 0.15) is 28.0 Å². The fourth-order valence-corrected chi connectivity index (χ4v) is 1.11. The Labute approximate surface area is 82.7 Å². The van der Waals surface area contributed by atoms with Gasteiger partial charge in [0.1, 0.15) is 0 Å². The first-order chi connectivity index (χ1) is 6.60. The minimum Gasteiger partial charge on any atom is -0.298 e. The first kappa shape index (κ1) is 11.0. The maximum absolute atomic E-state index is 12.9. The van der Waals surface area contributed by atoms with E-state index in [0.29, 0.717) is 0 Å². The van der Waals surface area contributed by atoms with Crippen molar-refractivity contribution in [2.45, 2.75) is 12.3 Å². The van der Waals surface area contributed by atoms with Crippen LogP contribution in [0.5, 0.6) is 0 Å². The summed E-state index contributed by atoms with van der Waals surface area (Å²) in [5.41, 5.74) is -1.34. The maximum atomic E-state index is 12.9. The van der Waals surface area contributed by atoms with Crippen molar-refractivity contribution in [2.75, 3.05) is 0 Å². The number of halogens is 4. The van der Waals surface area contributed by atoms with Crippen LogP contribution in [0.4, 0.5) is 13.2 Å². The van der Waals surface area contributed by atoms with Gasteiger partial charge in [0.25, 0.3) is 6.43 Å². The summed E-state index contributed by atoms with van der Waals surface area (Å²) in [4.78, 5) is 13.6. The zero-order valence-corrected chi connectivity index (χ0v) is 7.56. The predicted molar refractivity (Wildman–Crippen MR) is 44.1 cm³/mol. The number of carbonyl (C=O) groups excluding carboxylic acids is 1. The molecule has 0 aliphatic rings. The smallest absolute Gasteiger partial charge is 0.268 e. The van der Waals surface area contributed by atoms with Gasteiger partial charge in [-0.3, -0.25) is 4.79 Å². The van der Waals surface area contributed by atoms with Crippen LogP contribution < -0.4 is 0 Å². The molecule has 1 aromatic rings. The van der Waals surface area contributed by atoms with Gasteiger partial charge in [-0.25, -0.2) is 13.8 Å². The first-order valence-electron chi connectivity index (χ1n) is 3.58. The molecular weight excluding hydrogens is 219 g/mol. The number of rotatable bonds is 3. The van der Waals surface area contributed by atoms with E-state index in [1.807, 2.05) is 0 Å². The Kier molecular flexibility index (Phi) is 3.46. The van der Waals surface area contributed by atoms with Gasteiger partial charge < -0.3 is 0 Å². The highest BCUT2D eigenvalue weighted by molar-refractivity contribution is 6.16. The molecule has 1 aromatic heterocycles. The molecule has 76 valence electrons. The van der Waals surface area contributed by atoms with Crippen molar-refractivity contribution < 1.29 is 18.0 Å². The highest BCUT2D eigenvalue weighted by Gasteiger charge is 2.20. The Morgan fingerprint density at radius 2 is 2.21 bits per heavy atom. The summed E-state index contributed by atoms with van der Waals surface area (Å²) in [6.45, 7) is 0. The molecule has 0 N–H and O–H groups in total. The summed E-state index contributed by atoms with van der Waals surface area (Å²) >= 11 is 5.33. The Balaban J connectivity index is 3.34. The van der Waals surface area contributed by atoms with E-state index in [4.69, 9.17) is 11.6 Å². The molecule has 0 aliphatic carbocycles. The number of pyridine rings is 1. The third-order valence-corrected chi connectivity index (χ3v) is 1.85. The summed E-state index contributed by atoms with van der Waals surface area (Å²) in [6.07, 6.45) is -2.91. The molecule has 0 amide bonds. The molecular formula is C8H5ClF3NO. The third kappa shape index (κ3) is 2.04. The monoisotopic (exact) mass is 223 g/mol. The SMILES string of the molecule is O=Cc1cc(CCl)nc(F)c1C(F)F.